The maximum absolute atomic E-state index is 11.5. The van der Waals surface area contributed by atoms with Gasteiger partial charge in [0.15, 0.2) is 0 Å². The second-order valence-electron chi connectivity index (χ2n) is 4.09. The number of rotatable bonds is 2. The molecule has 2 rings (SSSR count). The molecule has 3 nitrogen and oxygen atoms in total. The van der Waals surface area contributed by atoms with Gasteiger partial charge in [-0.2, -0.15) is 23.5 Å². The Balaban J connectivity index is 2.12. The first-order chi connectivity index (χ1) is 7.26. The van der Waals surface area contributed by atoms with Crippen LogP contribution in [-0.4, -0.2) is 57.6 Å². The summed E-state index contributed by atoms with van der Waals surface area (Å²) < 4.78 is 0. The van der Waals surface area contributed by atoms with Crippen molar-refractivity contribution in [2.24, 2.45) is 0 Å². The van der Waals surface area contributed by atoms with Gasteiger partial charge in [-0.15, -0.1) is 0 Å². The zero-order valence-corrected chi connectivity index (χ0v) is 10.4. The molecule has 1 atom stereocenters. The average Bonchev–Trinajstić information content (AvgIpc) is 2.31. The van der Waals surface area contributed by atoms with Crippen molar-refractivity contribution < 1.29 is 9.90 Å². The third-order valence-corrected chi connectivity index (χ3v) is 5.44. The van der Waals surface area contributed by atoms with Crippen LogP contribution in [0.25, 0.3) is 0 Å². The van der Waals surface area contributed by atoms with E-state index in [2.05, 4.69) is 4.90 Å². The average molecular weight is 247 g/mol. The molecule has 0 spiro atoms. The zero-order chi connectivity index (χ0) is 10.7. The van der Waals surface area contributed by atoms with Gasteiger partial charge in [-0.25, -0.2) is 0 Å². The van der Waals surface area contributed by atoms with Crippen molar-refractivity contribution in [1.82, 2.24) is 4.90 Å². The second-order valence-corrected chi connectivity index (χ2v) is 6.42. The monoisotopic (exact) mass is 247 g/mol. The molecule has 0 aliphatic carbocycles. The maximum Gasteiger partial charge on any atom is 0.324 e. The molecule has 0 aromatic heterocycles. The van der Waals surface area contributed by atoms with Gasteiger partial charge in [0.25, 0.3) is 0 Å². The van der Waals surface area contributed by atoms with Gasteiger partial charge < -0.3 is 5.11 Å². The number of nitrogens with zero attached hydrogens (tertiary/aromatic N) is 1. The summed E-state index contributed by atoms with van der Waals surface area (Å²) in [6.45, 7) is 1.88. The zero-order valence-electron chi connectivity index (χ0n) is 8.78. The van der Waals surface area contributed by atoms with Crippen molar-refractivity contribution in [3.63, 3.8) is 0 Å². The molecular formula is C10H17NO2S2. The molecule has 1 unspecified atom stereocenters. The summed E-state index contributed by atoms with van der Waals surface area (Å²) in [6.07, 6.45) is 1.88. The fraction of sp³-hybridized carbons (Fsp3) is 0.900. The second kappa shape index (κ2) is 4.97. The third-order valence-electron chi connectivity index (χ3n) is 3.23. The lowest BCUT2D eigenvalue weighted by atomic mass is 9.93. The van der Waals surface area contributed by atoms with Gasteiger partial charge in [0.1, 0.15) is 5.54 Å². The minimum atomic E-state index is -0.610. The van der Waals surface area contributed by atoms with Gasteiger partial charge in [-0.1, -0.05) is 0 Å². The van der Waals surface area contributed by atoms with Crippen LogP contribution in [0.1, 0.15) is 12.8 Å². The standard InChI is InChI=1S/C10H17NO2S2/c12-9(13)10(2-1-5-15-8-10)11-3-6-14-7-4-11/h1-8H2,(H,12,13). The Morgan fingerprint density at radius 3 is 2.47 bits per heavy atom. The highest BCUT2D eigenvalue weighted by atomic mass is 32.2. The van der Waals surface area contributed by atoms with Gasteiger partial charge in [-0.05, 0) is 18.6 Å². The predicted octanol–water partition coefficient (Wildman–Crippen LogP) is 1.39. The number of carboxylic acid groups (broad SMARTS) is 1. The maximum atomic E-state index is 11.5. The molecule has 5 heteroatoms. The number of hydrogen-bond donors (Lipinski definition) is 1. The largest absolute Gasteiger partial charge is 0.480 e. The van der Waals surface area contributed by atoms with Gasteiger partial charge >= 0.3 is 5.97 Å². The number of aliphatic carboxylic acids is 1. The molecule has 2 aliphatic heterocycles. The molecule has 0 aromatic carbocycles. The van der Waals surface area contributed by atoms with Crippen LogP contribution in [-0.2, 0) is 4.79 Å². The quantitative estimate of drug-likeness (QED) is 0.798. The molecule has 0 radical (unpaired) electrons. The third kappa shape index (κ3) is 2.29. The lowest BCUT2D eigenvalue weighted by Crippen LogP contribution is -2.60. The highest BCUT2D eigenvalue weighted by molar-refractivity contribution is 7.99. The normalized spacial score (nSPS) is 33.9. The van der Waals surface area contributed by atoms with Crippen LogP contribution in [0.2, 0.25) is 0 Å². The fourth-order valence-electron chi connectivity index (χ4n) is 2.32. The molecule has 15 heavy (non-hydrogen) atoms. The summed E-state index contributed by atoms with van der Waals surface area (Å²) in [4.78, 5) is 13.7. The molecule has 2 saturated heterocycles. The first-order valence-corrected chi connectivity index (χ1v) is 7.71. The first-order valence-electron chi connectivity index (χ1n) is 5.40. The van der Waals surface area contributed by atoms with Crippen molar-refractivity contribution in [3.05, 3.63) is 0 Å². The Bertz CT molecular complexity index is 236. The lowest BCUT2D eigenvalue weighted by molar-refractivity contribution is -0.150. The molecule has 2 aliphatic rings. The van der Waals surface area contributed by atoms with E-state index in [9.17, 15) is 9.90 Å². The Morgan fingerprint density at radius 1 is 1.20 bits per heavy atom. The number of hydrogen-bond acceptors (Lipinski definition) is 4. The molecule has 86 valence electrons. The highest BCUT2D eigenvalue weighted by Crippen LogP contribution is 2.33. The molecule has 0 saturated carbocycles. The van der Waals surface area contributed by atoms with E-state index in [-0.39, 0.29) is 0 Å². The predicted molar refractivity (Wildman–Crippen MR) is 65.8 cm³/mol. The first kappa shape index (κ1) is 11.6. The minimum Gasteiger partial charge on any atom is -0.480 e. The smallest absolute Gasteiger partial charge is 0.324 e. The van der Waals surface area contributed by atoms with E-state index in [4.69, 9.17) is 0 Å². The van der Waals surface area contributed by atoms with Crippen LogP contribution < -0.4 is 0 Å². The molecule has 1 N–H and O–H groups in total. The molecule has 0 amide bonds. The number of thioether (sulfide) groups is 2. The Kier molecular flexibility index (Phi) is 3.85. The molecular weight excluding hydrogens is 230 g/mol. The van der Waals surface area contributed by atoms with Crippen LogP contribution in [0.4, 0.5) is 0 Å². The van der Waals surface area contributed by atoms with E-state index in [0.29, 0.717) is 0 Å². The molecule has 0 bridgehead atoms. The van der Waals surface area contributed by atoms with Crippen LogP contribution >= 0.6 is 23.5 Å². The van der Waals surface area contributed by atoms with E-state index in [1.807, 2.05) is 11.8 Å². The summed E-state index contributed by atoms with van der Waals surface area (Å²) in [5.41, 5.74) is -0.552. The van der Waals surface area contributed by atoms with Gasteiger partial charge in [0.2, 0.25) is 0 Å². The van der Waals surface area contributed by atoms with Crippen LogP contribution in [0.15, 0.2) is 0 Å². The van der Waals surface area contributed by atoms with E-state index in [0.717, 1.165) is 48.9 Å². The van der Waals surface area contributed by atoms with Crippen molar-refractivity contribution >= 4 is 29.5 Å². The van der Waals surface area contributed by atoms with Crippen LogP contribution in [0.5, 0.6) is 0 Å². The summed E-state index contributed by atoms with van der Waals surface area (Å²) in [6, 6.07) is 0. The van der Waals surface area contributed by atoms with Crippen LogP contribution in [0, 0.1) is 0 Å². The fourth-order valence-corrected chi connectivity index (χ4v) is 4.51. The SMILES string of the molecule is O=C(O)C1(N2CCSCC2)CCCSC1. The van der Waals surface area contributed by atoms with Gasteiger partial charge in [-0.3, -0.25) is 9.69 Å². The minimum absolute atomic E-state index is 0.552. The lowest BCUT2D eigenvalue weighted by Gasteiger charge is -2.44. The van der Waals surface area contributed by atoms with E-state index >= 15 is 0 Å². The summed E-state index contributed by atoms with van der Waals surface area (Å²) in [7, 11) is 0. The van der Waals surface area contributed by atoms with E-state index in [1.54, 1.807) is 11.8 Å². The summed E-state index contributed by atoms with van der Waals surface area (Å²) in [5.74, 6) is 3.45. The Labute approximate surface area is 99.0 Å². The van der Waals surface area contributed by atoms with Gasteiger partial charge in [0, 0.05) is 30.3 Å². The van der Waals surface area contributed by atoms with Crippen molar-refractivity contribution in [3.8, 4) is 0 Å². The molecule has 2 fully saturated rings. The van der Waals surface area contributed by atoms with Crippen molar-refractivity contribution in [2.75, 3.05) is 36.1 Å². The summed E-state index contributed by atoms with van der Waals surface area (Å²) >= 11 is 3.73. The van der Waals surface area contributed by atoms with E-state index in [1.165, 1.54) is 0 Å². The molecule has 0 aromatic rings. The van der Waals surface area contributed by atoms with Crippen molar-refractivity contribution in [1.29, 1.82) is 0 Å². The number of carboxylic acids is 1. The topological polar surface area (TPSA) is 40.5 Å². The van der Waals surface area contributed by atoms with Crippen molar-refractivity contribution in [2.45, 2.75) is 18.4 Å². The Hall–Kier alpha value is 0.130. The van der Waals surface area contributed by atoms with Crippen LogP contribution in [0.3, 0.4) is 0 Å². The molecule has 2 heterocycles. The Morgan fingerprint density at radius 2 is 1.93 bits per heavy atom. The van der Waals surface area contributed by atoms with Gasteiger partial charge in [0.05, 0.1) is 0 Å². The summed E-state index contributed by atoms with van der Waals surface area (Å²) in [5, 5.41) is 9.48. The highest BCUT2D eigenvalue weighted by Gasteiger charge is 2.45. The van der Waals surface area contributed by atoms with E-state index < -0.39 is 11.5 Å². The number of carbonyl (C=O) groups is 1.